The molecule has 1 amide bonds. The largest absolute Gasteiger partial charge is 0.508 e. The summed E-state index contributed by atoms with van der Waals surface area (Å²) in [6.07, 6.45) is 0.227. The summed E-state index contributed by atoms with van der Waals surface area (Å²) in [5.41, 5.74) is 4.49. The van der Waals surface area contributed by atoms with Crippen molar-refractivity contribution in [2.24, 2.45) is 0 Å². The molecule has 0 aliphatic carbocycles. The van der Waals surface area contributed by atoms with Crippen LogP contribution in [0.25, 0.3) is 0 Å². The van der Waals surface area contributed by atoms with Gasteiger partial charge >= 0.3 is 0 Å². The molecule has 2 aromatic carbocycles. The van der Waals surface area contributed by atoms with E-state index in [1.807, 2.05) is 44.2 Å². The molecule has 146 valence electrons. The van der Waals surface area contributed by atoms with E-state index in [0.29, 0.717) is 17.1 Å². The monoisotopic (exact) mass is 397 g/mol. The zero-order valence-corrected chi connectivity index (χ0v) is 17.0. The molecule has 1 heterocycles. The Morgan fingerprint density at radius 2 is 1.96 bits per heavy atom. The number of rotatable bonds is 6. The molecule has 1 atom stereocenters. The standard InChI is InChI=1S/C22H24ClN3O2/c1-14-20(15(2)25-24-14)13-26(3)22(28)12-19(16-7-6-8-17(23)11-16)18-9-4-5-10-21(18)27/h4-11,19,27H,12-13H2,1-3H3,(H,24,25)/t19-/m1/s1. The highest BCUT2D eigenvalue weighted by Crippen LogP contribution is 2.35. The lowest BCUT2D eigenvalue weighted by Crippen LogP contribution is -2.28. The van der Waals surface area contributed by atoms with Crippen molar-refractivity contribution in [1.29, 1.82) is 0 Å². The van der Waals surface area contributed by atoms with Crippen LogP contribution in [0.5, 0.6) is 5.75 Å². The first-order valence-corrected chi connectivity index (χ1v) is 9.52. The van der Waals surface area contributed by atoms with Crippen LogP contribution < -0.4 is 0 Å². The number of halogens is 1. The first kappa shape index (κ1) is 20.0. The minimum absolute atomic E-state index is 0.0202. The van der Waals surface area contributed by atoms with Crippen molar-refractivity contribution in [2.75, 3.05) is 7.05 Å². The minimum Gasteiger partial charge on any atom is -0.508 e. The van der Waals surface area contributed by atoms with Crippen molar-refractivity contribution in [2.45, 2.75) is 32.7 Å². The topological polar surface area (TPSA) is 69.2 Å². The summed E-state index contributed by atoms with van der Waals surface area (Å²) in [7, 11) is 1.79. The number of phenolic OH excluding ortho intramolecular Hbond substituents is 1. The van der Waals surface area contributed by atoms with Crippen LogP contribution in [-0.4, -0.2) is 33.2 Å². The average Bonchev–Trinajstić information content (AvgIpc) is 2.98. The molecule has 0 radical (unpaired) electrons. The minimum atomic E-state index is -0.290. The Morgan fingerprint density at radius 1 is 1.21 bits per heavy atom. The van der Waals surface area contributed by atoms with Gasteiger partial charge in [0.2, 0.25) is 5.91 Å². The maximum atomic E-state index is 13.0. The van der Waals surface area contributed by atoms with E-state index in [4.69, 9.17) is 11.6 Å². The Bertz CT molecular complexity index is 964. The summed E-state index contributed by atoms with van der Waals surface area (Å²) in [5.74, 6) is -0.140. The van der Waals surface area contributed by atoms with E-state index in [2.05, 4.69) is 10.2 Å². The smallest absolute Gasteiger partial charge is 0.223 e. The molecular weight excluding hydrogens is 374 g/mol. The van der Waals surface area contributed by atoms with E-state index in [1.54, 1.807) is 30.1 Å². The number of aromatic nitrogens is 2. The Morgan fingerprint density at radius 3 is 2.61 bits per heavy atom. The van der Waals surface area contributed by atoms with Gasteiger partial charge in [0, 0.05) is 47.8 Å². The van der Waals surface area contributed by atoms with Crippen LogP contribution in [0.15, 0.2) is 48.5 Å². The number of nitrogens with zero attached hydrogens (tertiary/aromatic N) is 2. The Hall–Kier alpha value is -2.79. The molecule has 2 N–H and O–H groups in total. The van der Waals surface area contributed by atoms with Gasteiger partial charge in [-0.05, 0) is 37.6 Å². The van der Waals surface area contributed by atoms with Crippen LogP contribution in [0.2, 0.25) is 5.02 Å². The fourth-order valence-corrected chi connectivity index (χ4v) is 3.57. The Labute approximate surface area is 170 Å². The van der Waals surface area contributed by atoms with Gasteiger partial charge in [0.1, 0.15) is 5.75 Å². The van der Waals surface area contributed by atoms with Gasteiger partial charge in [-0.2, -0.15) is 5.10 Å². The highest BCUT2D eigenvalue weighted by atomic mass is 35.5. The zero-order valence-electron chi connectivity index (χ0n) is 16.2. The van der Waals surface area contributed by atoms with Gasteiger partial charge in [-0.25, -0.2) is 0 Å². The molecular formula is C22H24ClN3O2. The first-order valence-electron chi connectivity index (χ1n) is 9.14. The molecule has 0 unspecified atom stereocenters. The van der Waals surface area contributed by atoms with Crippen LogP contribution in [0.1, 0.15) is 40.4 Å². The highest BCUT2D eigenvalue weighted by Gasteiger charge is 2.24. The quantitative estimate of drug-likeness (QED) is 0.640. The summed E-state index contributed by atoms with van der Waals surface area (Å²) in [6, 6.07) is 14.5. The number of aromatic amines is 1. The van der Waals surface area contributed by atoms with Gasteiger partial charge in [0.15, 0.2) is 0 Å². The molecule has 1 aromatic heterocycles. The average molecular weight is 398 g/mol. The lowest BCUT2D eigenvalue weighted by molar-refractivity contribution is -0.130. The zero-order chi connectivity index (χ0) is 20.3. The van der Waals surface area contributed by atoms with Crippen molar-refractivity contribution in [1.82, 2.24) is 15.1 Å². The van der Waals surface area contributed by atoms with Crippen molar-refractivity contribution in [3.8, 4) is 5.75 Å². The molecule has 5 nitrogen and oxygen atoms in total. The second-order valence-electron chi connectivity index (χ2n) is 7.03. The van der Waals surface area contributed by atoms with Crippen molar-refractivity contribution in [3.05, 3.63) is 81.6 Å². The maximum absolute atomic E-state index is 13.0. The van der Waals surface area contributed by atoms with Crippen molar-refractivity contribution >= 4 is 17.5 Å². The van der Waals surface area contributed by atoms with E-state index >= 15 is 0 Å². The van der Waals surface area contributed by atoms with Gasteiger partial charge in [0.05, 0.1) is 5.69 Å². The number of carbonyl (C=O) groups excluding carboxylic acids is 1. The third-order valence-corrected chi connectivity index (χ3v) is 5.28. The molecule has 3 aromatic rings. The molecule has 0 spiro atoms. The van der Waals surface area contributed by atoms with Crippen molar-refractivity contribution < 1.29 is 9.90 Å². The molecule has 0 bridgehead atoms. The summed E-state index contributed by atoms with van der Waals surface area (Å²) in [5, 5.41) is 18.1. The second-order valence-corrected chi connectivity index (χ2v) is 7.47. The van der Waals surface area contributed by atoms with Gasteiger partial charge in [-0.1, -0.05) is 41.9 Å². The summed E-state index contributed by atoms with van der Waals surface area (Å²) in [4.78, 5) is 14.7. The number of phenols is 1. The SMILES string of the molecule is Cc1n[nH]c(C)c1CN(C)C(=O)C[C@H](c1cccc(Cl)c1)c1ccccc1O. The number of hydrogen-bond acceptors (Lipinski definition) is 3. The van der Waals surface area contributed by atoms with Crippen LogP contribution in [-0.2, 0) is 11.3 Å². The summed E-state index contributed by atoms with van der Waals surface area (Å²) >= 11 is 6.18. The molecule has 0 aliphatic heterocycles. The summed E-state index contributed by atoms with van der Waals surface area (Å²) < 4.78 is 0. The number of carbonyl (C=O) groups is 1. The second kappa shape index (κ2) is 8.48. The third kappa shape index (κ3) is 4.37. The van der Waals surface area contributed by atoms with Crippen LogP contribution >= 0.6 is 11.6 Å². The number of para-hydroxylation sites is 1. The van der Waals surface area contributed by atoms with Crippen molar-refractivity contribution in [3.63, 3.8) is 0 Å². The summed E-state index contributed by atoms with van der Waals surface area (Å²) in [6.45, 7) is 4.36. The Kier molecular flexibility index (Phi) is 6.05. The van der Waals surface area contributed by atoms with Crippen LogP contribution in [0.3, 0.4) is 0 Å². The van der Waals surface area contributed by atoms with Gasteiger partial charge in [-0.15, -0.1) is 0 Å². The van der Waals surface area contributed by atoms with E-state index in [-0.39, 0.29) is 24.0 Å². The molecule has 6 heteroatoms. The molecule has 0 saturated heterocycles. The van der Waals surface area contributed by atoms with Crippen LogP contribution in [0.4, 0.5) is 0 Å². The van der Waals surface area contributed by atoms with E-state index in [1.165, 1.54) is 0 Å². The predicted octanol–water partition coefficient (Wildman–Crippen LogP) is 4.57. The number of aryl methyl sites for hydroxylation is 2. The maximum Gasteiger partial charge on any atom is 0.223 e. The van der Waals surface area contributed by atoms with E-state index < -0.39 is 0 Å². The fourth-order valence-electron chi connectivity index (χ4n) is 3.38. The normalized spacial score (nSPS) is 12.0. The first-order chi connectivity index (χ1) is 13.4. The predicted molar refractivity (Wildman–Crippen MR) is 111 cm³/mol. The van der Waals surface area contributed by atoms with E-state index in [0.717, 1.165) is 22.5 Å². The van der Waals surface area contributed by atoms with Gasteiger partial charge in [-0.3, -0.25) is 9.89 Å². The van der Waals surface area contributed by atoms with Gasteiger partial charge < -0.3 is 10.0 Å². The number of aromatic hydroxyl groups is 1. The fraction of sp³-hybridized carbons (Fsp3) is 0.273. The number of amides is 1. The molecule has 28 heavy (non-hydrogen) atoms. The molecule has 0 aliphatic rings. The molecule has 3 rings (SSSR count). The lowest BCUT2D eigenvalue weighted by Gasteiger charge is -2.23. The number of hydrogen-bond donors (Lipinski definition) is 2. The van der Waals surface area contributed by atoms with Gasteiger partial charge in [0.25, 0.3) is 0 Å². The number of benzene rings is 2. The third-order valence-electron chi connectivity index (χ3n) is 5.04. The molecule has 0 fully saturated rings. The Balaban J connectivity index is 1.87. The molecule has 0 saturated carbocycles. The number of H-pyrrole nitrogens is 1. The highest BCUT2D eigenvalue weighted by molar-refractivity contribution is 6.30. The van der Waals surface area contributed by atoms with Crippen LogP contribution in [0, 0.1) is 13.8 Å². The lowest BCUT2D eigenvalue weighted by atomic mass is 9.87. The van der Waals surface area contributed by atoms with E-state index in [9.17, 15) is 9.90 Å². The number of nitrogens with one attached hydrogen (secondary N) is 1.